The van der Waals surface area contributed by atoms with Gasteiger partial charge in [0.25, 0.3) is 10.0 Å². The lowest BCUT2D eigenvalue weighted by molar-refractivity contribution is -0.0943. The molecule has 0 saturated carbocycles. The molecule has 6 nitrogen and oxygen atoms in total. The van der Waals surface area contributed by atoms with Gasteiger partial charge in [0, 0.05) is 14.2 Å². The van der Waals surface area contributed by atoms with Gasteiger partial charge >= 0.3 is 0 Å². The predicted octanol–water partition coefficient (Wildman–Crippen LogP) is 0.0171. The monoisotopic (exact) mass is 196 g/mol. The number of nitrogens with zero attached hydrogens (tertiary/aromatic N) is 2. The van der Waals surface area contributed by atoms with E-state index in [0.29, 0.717) is 0 Å². The van der Waals surface area contributed by atoms with Gasteiger partial charge in [0.05, 0.1) is 6.26 Å². The number of hydrogen-bond acceptors (Lipinski definition) is 5. The minimum Gasteiger partial charge on any atom is -0.354 e. The number of sulfonamides is 1. The van der Waals surface area contributed by atoms with Crippen molar-refractivity contribution >= 4 is 10.0 Å². The third kappa shape index (κ3) is 6.20. The molecule has 0 aliphatic carbocycles. The van der Waals surface area contributed by atoms with E-state index in [-0.39, 0.29) is 6.54 Å². The van der Waals surface area contributed by atoms with Gasteiger partial charge in [-0.25, -0.2) is 8.42 Å². The van der Waals surface area contributed by atoms with Crippen LogP contribution < -0.4 is 0 Å². The molecular weight excluding hydrogens is 184 g/mol. The van der Waals surface area contributed by atoms with E-state index in [0.717, 1.165) is 6.26 Å². The Morgan fingerprint density at radius 3 is 2.17 bits per heavy atom. The lowest BCUT2D eigenvalue weighted by atomic mass is 10.6. The average molecular weight is 196 g/mol. The van der Waals surface area contributed by atoms with Crippen molar-refractivity contribution in [3.63, 3.8) is 0 Å². The lowest BCUT2D eigenvalue weighted by Crippen LogP contribution is -2.16. The zero-order valence-electron chi connectivity index (χ0n) is 7.22. The van der Waals surface area contributed by atoms with Crippen LogP contribution in [0.2, 0.25) is 0 Å². The van der Waals surface area contributed by atoms with Crippen molar-refractivity contribution in [3.8, 4) is 0 Å². The Labute approximate surface area is 71.6 Å². The maximum Gasteiger partial charge on any atom is 0.267 e. The number of methoxy groups -OCH3 is 2. The minimum absolute atomic E-state index is 0.0695. The fourth-order valence-corrected chi connectivity index (χ4v) is 0.727. The molecule has 0 fully saturated rings. The van der Waals surface area contributed by atoms with Crippen molar-refractivity contribution in [3.05, 3.63) is 0 Å². The lowest BCUT2D eigenvalue weighted by Gasteiger charge is -2.08. The Hall–Kier alpha value is -0.530. The van der Waals surface area contributed by atoms with Crippen molar-refractivity contribution in [1.82, 2.24) is 0 Å². The van der Waals surface area contributed by atoms with Crippen LogP contribution in [0, 0.1) is 0 Å². The van der Waals surface area contributed by atoms with Gasteiger partial charge in [-0.1, -0.05) is 4.52 Å². The Morgan fingerprint density at radius 1 is 1.33 bits per heavy atom. The number of ether oxygens (including phenoxy) is 2. The van der Waals surface area contributed by atoms with E-state index in [2.05, 4.69) is 9.63 Å². The first-order valence-electron chi connectivity index (χ1n) is 3.14. The standard InChI is InChI=1S/C5H12N2O4S/c1-10-5(11-2)4-6-7-12(3,8)9/h5H,4H2,1-3H3. The summed E-state index contributed by atoms with van der Waals surface area (Å²) in [6.45, 7) is 0.0695. The normalized spacial score (nSPS) is 13.0. The summed E-state index contributed by atoms with van der Waals surface area (Å²) in [5, 5.41) is 3.37. The predicted molar refractivity (Wildman–Crippen MR) is 42.4 cm³/mol. The third-order valence-electron chi connectivity index (χ3n) is 0.963. The molecule has 0 aromatic heterocycles. The van der Waals surface area contributed by atoms with Gasteiger partial charge in [-0.15, -0.1) is 0 Å². The van der Waals surface area contributed by atoms with Crippen molar-refractivity contribution < 1.29 is 17.9 Å². The first-order chi connectivity index (χ1) is 5.49. The van der Waals surface area contributed by atoms with Gasteiger partial charge in [-0.2, -0.15) is 5.11 Å². The van der Waals surface area contributed by atoms with E-state index >= 15 is 0 Å². The van der Waals surface area contributed by atoms with Gasteiger partial charge < -0.3 is 9.47 Å². The molecule has 0 aromatic carbocycles. The number of hydrogen-bond donors (Lipinski definition) is 0. The van der Waals surface area contributed by atoms with Gasteiger partial charge in [-0.05, 0) is 0 Å². The molecule has 0 amide bonds. The second-order valence-electron chi connectivity index (χ2n) is 2.04. The van der Waals surface area contributed by atoms with E-state index < -0.39 is 16.3 Å². The topological polar surface area (TPSA) is 77.3 Å². The average Bonchev–Trinajstić information content (AvgIpc) is 1.96. The van der Waals surface area contributed by atoms with Crippen LogP contribution in [0.3, 0.4) is 0 Å². The quantitative estimate of drug-likeness (QED) is 0.458. The summed E-state index contributed by atoms with van der Waals surface area (Å²) in [5.41, 5.74) is 0. The first-order valence-corrected chi connectivity index (χ1v) is 4.98. The van der Waals surface area contributed by atoms with E-state index in [4.69, 9.17) is 9.47 Å². The van der Waals surface area contributed by atoms with Crippen LogP contribution in [0.4, 0.5) is 0 Å². The summed E-state index contributed by atoms with van der Waals surface area (Å²) in [6, 6.07) is 0. The zero-order chi connectivity index (χ0) is 9.61. The van der Waals surface area contributed by atoms with Gasteiger partial charge in [-0.3, -0.25) is 0 Å². The Bertz CT molecular complexity index is 232. The molecule has 0 aromatic rings. The molecule has 0 radical (unpaired) electrons. The molecule has 0 rings (SSSR count). The molecule has 0 saturated heterocycles. The second-order valence-corrected chi connectivity index (χ2v) is 3.67. The molecular formula is C5H12N2O4S. The van der Waals surface area contributed by atoms with Crippen LogP contribution in [0.5, 0.6) is 0 Å². The Balaban J connectivity index is 3.89. The van der Waals surface area contributed by atoms with Crippen LogP contribution in [-0.4, -0.2) is 41.7 Å². The summed E-state index contributed by atoms with van der Waals surface area (Å²) in [6.07, 6.45) is 0.418. The SMILES string of the molecule is COC(CN=NS(C)(=O)=O)OC. The Kier molecular flexibility index (Phi) is 4.95. The fourth-order valence-electron chi connectivity index (χ4n) is 0.450. The van der Waals surface area contributed by atoms with E-state index in [1.165, 1.54) is 14.2 Å². The second kappa shape index (κ2) is 5.18. The van der Waals surface area contributed by atoms with E-state index in [9.17, 15) is 8.42 Å². The van der Waals surface area contributed by atoms with Crippen molar-refractivity contribution in [2.45, 2.75) is 6.29 Å². The van der Waals surface area contributed by atoms with Crippen molar-refractivity contribution in [1.29, 1.82) is 0 Å². The summed E-state index contributed by atoms with van der Waals surface area (Å²) < 4.78 is 33.4. The highest BCUT2D eigenvalue weighted by Gasteiger charge is 2.03. The summed E-state index contributed by atoms with van der Waals surface area (Å²) in [4.78, 5) is 0. The molecule has 0 N–H and O–H groups in total. The largest absolute Gasteiger partial charge is 0.354 e. The fraction of sp³-hybridized carbons (Fsp3) is 1.00. The van der Waals surface area contributed by atoms with Gasteiger partial charge in [0.15, 0.2) is 6.29 Å². The van der Waals surface area contributed by atoms with E-state index in [1.807, 2.05) is 0 Å². The smallest absolute Gasteiger partial charge is 0.267 e. The van der Waals surface area contributed by atoms with Gasteiger partial charge in [0.1, 0.15) is 6.54 Å². The first kappa shape index (κ1) is 11.5. The maximum atomic E-state index is 10.4. The molecule has 0 bridgehead atoms. The number of rotatable bonds is 5. The maximum absolute atomic E-state index is 10.4. The minimum atomic E-state index is -3.39. The molecule has 0 heterocycles. The molecule has 0 atom stereocenters. The molecule has 72 valence electrons. The molecule has 0 unspecified atom stereocenters. The molecule has 0 spiro atoms. The van der Waals surface area contributed by atoms with Crippen LogP contribution >= 0.6 is 0 Å². The van der Waals surface area contributed by atoms with Crippen LogP contribution in [0.1, 0.15) is 0 Å². The Morgan fingerprint density at radius 2 is 1.83 bits per heavy atom. The summed E-state index contributed by atoms with van der Waals surface area (Å²) >= 11 is 0. The highest BCUT2D eigenvalue weighted by atomic mass is 32.2. The van der Waals surface area contributed by atoms with Crippen LogP contribution in [0.15, 0.2) is 9.63 Å². The van der Waals surface area contributed by atoms with Crippen LogP contribution in [0.25, 0.3) is 0 Å². The molecule has 0 aliphatic heterocycles. The summed E-state index contributed by atoms with van der Waals surface area (Å²) in [5.74, 6) is 0. The van der Waals surface area contributed by atoms with E-state index in [1.54, 1.807) is 0 Å². The van der Waals surface area contributed by atoms with Gasteiger partial charge in [0.2, 0.25) is 0 Å². The summed E-state index contributed by atoms with van der Waals surface area (Å²) in [7, 11) is -0.520. The third-order valence-corrected chi connectivity index (χ3v) is 1.37. The molecule has 7 heteroatoms. The zero-order valence-corrected chi connectivity index (χ0v) is 8.04. The highest BCUT2D eigenvalue weighted by Crippen LogP contribution is 1.93. The van der Waals surface area contributed by atoms with Crippen LogP contribution in [-0.2, 0) is 19.5 Å². The molecule has 12 heavy (non-hydrogen) atoms. The van der Waals surface area contributed by atoms with Crippen molar-refractivity contribution in [2.75, 3.05) is 27.0 Å². The van der Waals surface area contributed by atoms with Crippen molar-refractivity contribution in [2.24, 2.45) is 9.63 Å². The highest BCUT2D eigenvalue weighted by molar-refractivity contribution is 7.89. The molecule has 0 aliphatic rings.